The Morgan fingerprint density at radius 1 is 1.00 bits per heavy atom. The first kappa shape index (κ1) is 21.7. The zero-order valence-electron chi connectivity index (χ0n) is 19.5. The minimum atomic E-state index is -0.549. The molecule has 6 unspecified atom stereocenters. The number of hydrogen-bond donors (Lipinski definition) is 0. The highest BCUT2D eigenvalue weighted by atomic mass is 16.6. The molecule has 1 heterocycles. The molecule has 6 atom stereocenters. The second kappa shape index (κ2) is 7.60. The summed E-state index contributed by atoms with van der Waals surface area (Å²) in [7, 11) is 0. The summed E-state index contributed by atoms with van der Waals surface area (Å²) in [5, 5.41) is 11.3. The summed E-state index contributed by atoms with van der Waals surface area (Å²) in [6.45, 7) is 3.51. The van der Waals surface area contributed by atoms with Crippen LogP contribution < -0.4 is 4.90 Å². The first-order chi connectivity index (χ1) is 16.8. The first-order valence-corrected chi connectivity index (χ1v) is 11.9. The fourth-order valence-corrected chi connectivity index (χ4v) is 6.68. The second-order valence-electron chi connectivity index (χ2n) is 10.2. The number of aryl methyl sites for hydroxylation is 2. The highest BCUT2D eigenvalue weighted by Crippen LogP contribution is 2.65. The van der Waals surface area contributed by atoms with Crippen LogP contribution >= 0.6 is 0 Å². The maximum absolute atomic E-state index is 13.8. The fourth-order valence-electron chi connectivity index (χ4n) is 6.68. The van der Waals surface area contributed by atoms with Crippen molar-refractivity contribution in [3.8, 4) is 0 Å². The lowest BCUT2D eigenvalue weighted by Crippen LogP contribution is -2.45. The summed E-state index contributed by atoms with van der Waals surface area (Å²) in [5.74, 6) is -0.461. The molecule has 2 aromatic carbocycles. The van der Waals surface area contributed by atoms with E-state index in [1.807, 2.05) is 32.0 Å². The van der Waals surface area contributed by atoms with Gasteiger partial charge in [-0.2, -0.15) is 0 Å². The molecule has 2 saturated carbocycles. The van der Waals surface area contributed by atoms with Gasteiger partial charge < -0.3 is 0 Å². The highest BCUT2D eigenvalue weighted by molar-refractivity contribution is 6.10. The summed E-state index contributed by atoms with van der Waals surface area (Å²) < 4.78 is 0. The maximum Gasteiger partial charge on any atom is 0.270 e. The smallest absolute Gasteiger partial charge is 0.270 e. The molecule has 8 heteroatoms. The quantitative estimate of drug-likeness (QED) is 0.285. The van der Waals surface area contributed by atoms with E-state index in [1.54, 1.807) is 0 Å². The highest BCUT2D eigenvalue weighted by Gasteiger charge is 2.67. The number of para-hydroxylation sites is 1. The van der Waals surface area contributed by atoms with Crippen LogP contribution in [0.4, 0.5) is 11.4 Å². The van der Waals surface area contributed by atoms with Crippen LogP contribution in [-0.4, -0.2) is 34.2 Å². The number of nitro benzene ring substituents is 1. The van der Waals surface area contributed by atoms with E-state index in [9.17, 15) is 24.5 Å². The van der Waals surface area contributed by atoms with Crippen molar-refractivity contribution in [1.29, 1.82) is 0 Å². The molecule has 35 heavy (non-hydrogen) atoms. The van der Waals surface area contributed by atoms with Crippen molar-refractivity contribution in [3.05, 3.63) is 81.4 Å². The largest absolute Gasteiger partial charge is 0.289 e. The van der Waals surface area contributed by atoms with Crippen LogP contribution in [0, 0.1) is 59.5 Å². The van der Waals surface area contributed by atoms with Crippen molar-refractivity contribution < 1.29 is 19.3 Å². The first-order valence-electron chi connectivity index (χ1n) is 11.9. The molecule has 1 saturated heterocycles. The summed E-state index contributed by atoms with van der Waals surface area (Å²) in [5.41, 5.74) is 2.15. The van der Waals surface area contributed by atoms with E-state index in [-0.39, 0.29) is 53.4 Å². The predicted octanol–water partition coefficient (Wildman–Crippen LogP) is 3.87. The Balaban J connectivity index is 1.38. The number of rotatable bonds is 5. The lowest BCUT2D eigenvalue weighted by molar-refractivity contribution is -0.384. The molecule has 3 fully saturated rings. The van der Waals surface area contributed by atoms with Gasteiger partial charge in [0.15, 0.2) is 0 Å². The van der Waals surface area contributed by atoms with E-state index in [0.29, 0.717) is 17.5 Å². The standard InChI is InChI=1S/C27H25N3O5/c1-14-5-3-6-15(2)24(14)28(25(31)16-7-4-8-17(11-16)30(34)35)13-29-26(32)22-18-9-10-19(21-12-20(18)21)23(22)27(29)33/h3-11,18-23H,12-13H2,1-2H3. The summed E-state index contributed by atoms with van der Waals surface area (Å²) in [6.07, 6.45) is 5.31. The SMILES string of the molecule is Cc1cccc(C)c1N(CN1C(=O)C2C3C=CC(C4CC34)C2C1=O)C(=O)c1cccc([N+](=O)[O-])c1. The van der Waals surface area contributed by atoms with Crippen LogP contribution in [0.5, 0.6) is 0 Å². The topological polar surface area (TPSA) is 101 Å². The van der Waals surface area contributed by atoms with Crippen LogP contribution in [0.25, 0.3) is 0 Å². The van der Waals surface area contributed by atoms with E-state index in [0.717, 1.165) is 17.5 Å². The van der Waals surface area contributed by atoms with Crippen molar-refractivity contribution in [2.45, 2.75) is 20.3 Å². The zero-order valence-corrected chi connectivity index (χ0v) is 19.5. The molecule has 3 amide bonds. The van der Waals surface area contributed by atoms with Crippen molar-refractivity contribution >= 4 is 29.1 Å². The van der Waals surface area contributed by atoms with Crippen LogP contribution in [0.1, 0.15) is 27.9 Å². The maximum atomic E-state index is 13.8. The average Bonchev–Trinajstić information content (AvgIpc) is 3.63. The average molecular weight is 472 g/mol. The number of allylic oxidation sites excluding steroid dienone is 2. The van der Waals surface area contributed by atoms with Gasteiger partial charge in [0.25, 0.3) is 11.6 Å². The van der Waals surface area contributed by atoms with Gasteiger partial charge in [0, 0.05) is 17.7 Å². The summed E-state index contributed by atoms with van der Waals surface area (Å²) in [4.78, 5) is 54.4. The number of carbonyl (C=O) groups is 3. The van der Waals surface area contributed by atoms with Crippen LogP contribution in [-0.2, 0) is 9.59 Å². The van der Waals surface area contributed by atoms with Crippen molar-refractivity contribution in [2.75, 3.05) is 11.6 Å². The third-order valence-electron chi connectivity index (χ3n) is 8.30. The van der Waals surface area contributed by atoms with Gasteiger partial charge in [0.05, 0.1) is 22.4 Å². The van der Waals surface area contributed by atoms with Gasteiger partial charge in [-0.15, -0.1) is 0 Å². The molecular weight excluding hydrogens is 446 g/mol. The van der Waals surface area contributed by atoms with Crippen LogP contribution in [0.3, 0.4) is 0 Å². The summed E-state index contributed by atoms with van der Waals surface area (Å²) >= 11 is 0. The van der Waals surface area contributed by atoms with E-state index < -0.39 is 10.8 Å². The van der Waals surface area contributed by atoms with Crippen LogP contribution in [0.15, 0.2) is 54.6 Å². The molecule has 0 N–H and O–H groups in total. The fraction of sp³-hybridized carbons (Fsp3) is 0.370. The Kier molecular flexibility index (Phi) is 4.71. The molecule has 4 aliphatic carbocycles. The molecule has 1 aliphatic heterocycles. The Labute approximate surface area is 202 Å². The van der Waals surface area contributed by atoms with E-state index in [1.165, 1.54) is 34.1 Å². The number of imide groups is 1. The molecular formula is C27H25N3O5. The van der Waals surface area contributed by atoms with Gasteiger partial charge in [-0.3, -0.25) is 34.3 Å². The van der Waals surface area contributed by atoms with Gasteiger partial charge in [0.1, 0.15) is 6.67 Å². The number of nitrogens with zero attached hydrogens (tertiary/aromatic N) is 3. The molecule has 2 bridgehead atoms. The Morgan fingerprint density at radius 2 is 1.57 bits per heavy atom. The monoisotopic (exact) mass is 471 g/mol. The molecule has 178 valence electrons. The van der Waals surface area contributed by atoms with Crippen LogP contribution in [0.2, 0.25) is 0 Å². The number of nitro groups is 1. The number of hydrogen-bond acceptors (Lipinski definition) is 5. The minimum absolute atomic E-state index is 0.0950. The molecule has 0 aromatic heterocycles. The number of non-ortho nitro benzene ring substituents is 1. The third-order valence-corrected chi connectivity index (χ3v) is 8.30. The number of benzene rings is 2. The van der Waals surface area contributed by atoms with Gasteiger partial charge in [0.2, 0.25) is 11.8 Å². The van der Waals surface area contributed by atoms with Crippen molar-refractivity contribution in [3.63, 3.8) is 0 Å². The Bertz CT molecular complexity index is 1280. The number of amides is 3. The molecule has 2 aromatic rings. The molecule has 0 spiro atoms. The lowest BCUT2D eigenvalue weighted by atomic mass is 9.63. The van der Waals surface area contributed by atoms with E-state index >= 15 is 0 Å². The summed E-state index contributed by atoms with van der Waals surface area (Å²) in [6, 6.07) is 11.1. The number of carbonyl (C=O) groups excluding carboxylic acids is 3. The van der Waals surface area contributed by atoms with Gasteiger partial charge in [-0.1, -0.05) is 36.4 Å². The van der Waals surface area contributed by atoms with Gasteiger partial charge in [-0.25, -0.2) is 0 Å². The van der Waals surface area contributed by atoms with E-state index in [4.69, 9.17) is 0 Å². The lowest BCUT2D eigenvalue weighted by Gasteiger charge is -2.37. The number of likely N-dealkylation sites (tertiary alicyclic amines) is 1. The van der Waals surface area contributed by atoms with Gasteiger partial charge >= 0.3 is 0 Å². The molecule has 5 aliphatic rings. The zero-order chi connectivity index (χ0) is 24.6. The Morgan fingerprint density at radius 3 is 2.14 bits per heavy atom. The molecule has 0 radical (unpaired) electrons. The second-order valence-corrected chi connectivity index (χ2v) is 10.2. The molecule has 8 nitrogen and oxygen atoms in total. The molecule has 7 rings (SSSR count). The van der Waals surface area contributed by atoms with E-state index in [2.05, 4.69) is 12.2 Å². The van der Waals surface area contributed by atoms with Crippen molar-refractivity contribution in [2.24, 2.45) is 35.5 Å². The minimum Gasteiger partial charge on any atom is -0.289 e. The Hall–Kier alpha value is -3.81. The normalized spacial score (nSPS) is 29.7. The predicted molar refractivity (Wildman–Crippen MR) is 127 cm³/mol. The van der Waals surface area contributed by atoms with Gasteiger partial charge in [-0.05, 0) is 61.1 Å². The van der Waals surface area contributed by atoms with Crippen molar-refractivity contribution in [1.82, 2.24) is 4.90 Å². The third kappa shape index (κ3) is 3.16. The number of anilines is 1.